The highest BCUT2D eigenvalue weighted by Crippen LogP contribution is 2.36. The summed E-state index contributed by atoms with van der Waals surface area (Å²) in [7, 11) is 0. The van der Waals surface area contributed by atoms with Crippen molar-refractivity contribution in [1.29, 1.82) is 0 Å². The van der Waals surface area contributed by atoms with E-state index < -0.39 is 10.7 Å². The average Bonchev–Trinajstić information content (AvgIpc) is 3.23. The molecule has 2 heterocycles. The van der Waals surface area contributed by atoms with Crippen molar-refractivity contribution in [2.24, 2.45) is 5.10 Å². The van der Waals surface area contributed by atoms with Gasteiger partial charge in [-0.1, -0.05) is 13.0 Å². The highest BCUT2D eigenvalue weighted by atomic mass is 32.1. The molecule has 24 heavy (non-hydrogen) atoms. The number of aromatic hydroxyl groups is 1. The highest BCUT2D eigenvalue weighted by molar-refractivity contribution is 7.10. The molecule has 124 valence electrons. The number of rotatable bonds is 4. The number of hydrazone groups is 1. The minimum absolute atomic E-state index is 0.100. The Hall–Kier alpha value is -2.74. The van der Waals surface area contributed by atoms with E-state index in [2.05, 4.69) is 5.10 Å². The molecule has 0 fully saturated rings. The molecule has 1 amide bonds. The number of nitro groups is 1. The van der Waals surface area contributed by atoms with Crippen molar-refractivity contribution >= 4 is 28.6 Å². The SMILES string of the molecule is CCC(=O)N1N=C(c2ccc(O)c([N+](=O)[O-])c2)C[C@H]1c1cccs1. The lowest BCUT2D eigenvalue weighted by Crippen LogP contribution is -2.25. The van der Waals surface area contributed by atoms with E-state index in [1.54, 1.807) is 24.3 Å². The molecule has 1 aromatic heterocycles. The van der Waals surface area contributed by atoms with Gasteiger partial charge in [0.05, 0.1) is 16.7 Å². The maximum Gasteiger partial charge on any atom is 0.311 e. The number of hydrogen-bond acceptors (Lipinski definition) is 6. The van der Waals surface area contributed by atoms with Crippen LogP contribution in [-0.2, 0) is 4.79 Å². The molecular weight excluding hydrogens is 330 g/mol. The van der Waals surface area contributed by atoms with Crippen LogP contribution in [0, 0.1) is 10.1 Å². The standard InChI is InChI=1S/C16H15N3O4S/c1-2-16(21)18-13(15-4-3-7-24-15)9-11(17-18)10-5-6-14(20)12(8-10)19(22)23/h3-8,13,20H,2,9H2,1H3/t13-/m0/s1. The molecule has 0 saturated heterocycles. The van der Waals surface area contributed by atoms with E-state index in [0.29, 0.717) is 24.1 Å². The van der Waals surface area contributed by atoms with Crippen LogP contribution < -0.4 is 0 Å². The second kappa shape index (κ2) is 6.40. The van der Waals surface area contributed by atoms with Gasteiger partial charge in [0.25, 0.3) is 0 Å². The zero-order valence-corrected chi connectivity index (χ0v) is 13.7. The first-order valence-electron chi connectivity index (χ1n) is 7.42. The Morgan fingerprint density at radius 2 is 2.29 bits per heavy atom. The van der Waals surface area contributed by atoms with Gasteiger partial charge in [-0.05, 0) is 23.6 Å². The van der Waals surface area contributed by atoms with Gasteiger partial charge in [0.15, 0.2) is 5.75 Å². The van der Waals surface area contributed by atoms with Crippen LogP contribution in [0.3, 0.4) is 0 Å². The summed E-state index contributed by atoms with van der Waals surface area (Å²) in [6.45, 7) is 1.77. The number of nitrogens with zero attached hydrogens (tertiary/aromatic N) is 3. The third-order valence-corrected chi connectivity index (χ3v) is 4.82. The van der Waals surface area contributed by atoms with Gasteiger partial charge in [0.1, 0.15) is 0 Å². The lowest BCUT2D eigenvalue weighted by atomic mass is 10.0. The Kier molecular flexibility index (Phi) is 4.30. The van der Waals surface area contributed by atoms with Crippen LogP contribution in [0.1, 0.15) is 36.2 Å². The molecule has 2 aromatic rings. The van der Waals surface area contributed by atoms with E-state index in [9.17, 15) is 20.0 Å². The van der Waals surface area contributed by atoms with Crippen LogP contribution in [0.2, 0.25) is 0 Å². The van der Waals surface area contributed by atoms with Crippen molar-refractivity contribution in [3.05, 3.63) is 56.3 Å². The third kappa shape index (κ3) is 2.88. The smallest absolute Gasteiger partial charge is 0.311 e. The summed E-state index contributed by atoms with van der Waals surface area (Å²) in [5, 5.41) is 28.4. The molecule has 1 N–H and O–H groups in total. The molecule has 0 spiro atoms. The predicted octanol–water partition coefficient (Wildman–Crippen LogP) is 3.45. The topological polar surface area (TPSA) is 96.0 Å². The molecule has 8 heteroatoms. The molecule has 1 aliphatic heterocycles. The highest BCUT2D eigenvalue weighted by Gasteiger charge is 2.33. The first-order valence-corrected chi connectivity index (χ1v) is 8.30. The zero-order valence-electron chi connectivity index (χ0n) is 12.9. The minimum atomic E-state index is -0.639. The Morgan fingerprint density at radius 3 is 2.92 bits per heavy atom. The monoisotopic (exact) mass is 345 g/mol. The van der Waals surface area contributed by atoms with Gasteiger partial charge in [-0.3, -0.25) is 14.9 Å². The van der Waals surface area contributed by atoms with Crippen LogP contribution in [0.15, 0.2) is 40.8 Å². The lowest BCUT2D eigenvalue weighted by molar-refractivity contribution is -0.385. The lowest BCUT2D eigenvalue weighted by Gasteiger charge is -2.19. The van der Waals surface area contributed by atoms with E-state index in [4.69, 9.17) is 0 Å². The number of nitro benzene ring substituents is 1. The van der Waals surface area contributed by atoms with Crippen molar-refractivity contribution in [1.82, 2.24) is 5.01 Å². The molecule has 1 atom stereocenters. The maximum absolute atomic E-state index is 12.2. The largest absolute Gasteiger partial charge is 0.502 e. The van der Waals surface area contributed by atoms with Gasteiger partial charge in [0.2, 0.25) is 5.91 Å². The van der Waals surface area contributed by atoms with Crippen molar-refractivity contribution in [2.45, 2.75) is 25.8 Å². The maximum atomic E-state index is 12.2. The van der Waals surface area contributed by atoms with Gasteiger partial charge in [0, 0.05) is 29.3 Å². The van der Waals surface area contributed by atoms with E-state index in [-0.39, 0.29) is 17.6 Å². The summed E-state index contributed by atoms with van der Waals surface area (Å²) < 4.78 is 0. The van der Waals surface area contributed by atoms with Crippen LogP contribution in [0.5, 0.6) is 5.75 Å². The number of carbonyl (C=O) groups is 1. The molecule has 0 aliphatic carbocycles. The van der Waals surface area contributed by atoms with E-state index >= 15 is 0 Å². The molecule has 0 radical (unpaired) electrons. The van der Waals surface area contributed by atoms with Gasteiger partial charge < -0.3 is 5.11 Å². The Labute approximate surface area is 142 Å². The van der Waals surface area contributed by atoms with Gasteiger partial charge >= 0.3 is 5.69 Å². The summed E-state index contributed by atoms with van der Waals surface area (Å²) in [4.78, 5) is 23.6. The summed E-state index contributed by atoms with van der Waals surface area (Å²) in [6.07, 6.45) is 0.808. The van der Waals surface area contributed by atoms with Crippen LogP contribution in [0.4, 0.5) is 5.69 Å². The fourth-order valence-corrected chi connectivity index (χ4v) is 3.44. The van der Waals surface area contributed by atoms with Crippen molar-refractivity contribution in [3.63, 3.8) is 0 Å². The Morgan fingerprint density at radius 1 is 1.50 bits per heavy atom. The molecule has 0 unspecified atom stereocenters. The first-order chi connectivity index (χ1) is 11.5. The second-order valence-electron chi connectivity index (χ2n) is 5.33. The van der Waals surface area contributed by atoms with Crippen LogP contribution in [-0.4, -0.2) is 26.7 Å². The Bertz CT molecular complexity index is 817. The third-order valence-electron chi connectivity index (χ3n) is 3.85. The van der Waals surface area contributed by atoms with Gasteiger partial charge in [-0.15, -0.1) is 11.3 Å². The number of amides is 1. The van der Waals surface area contributed by atoms with Crippen molar-refractivity contribution < 1.29 is 14.8 Å². The summed E-state index contributed by atoms with van der Waals surface area (Å²) in [5.41, 5.74) is 0.758. The summed E-state index contributed by atoms with van der Waals surface area (Å²) >= 11 is 1.54. The normalized spacial score (nSPS) is 17.0. The van der Waals surface area contributed by atoms with E-state index in [1.165, 1.54) is 17.1 Å². The molecule has 1 aromatic carbocycles. The summed E-state index contributed by atoms with van der Waals surface area (Å²) in [6, 6.07) is 7.81. The molecule has 0 saturated carbocycles. The molecule has 0 bridgehead atoms. The molecular formula is C16H15N3O4S. The zero-order chi connectivity index (χ0) is 17.3. The molecule has 7 nitrogen and oxygen atoms in total. The minimum Gasteiger partial charge on any atom is -0.502 e. The van der Waals surface area contributed by atoms with Crippen LogP contribution >= 0.6 is 11.3 Å². The molecule has 1 aliphatic rings. The van der Waals surface area contributed by atoms with Gasteiger partial charge in [-0.25, -0.2) is 5.01 Å². The predicted molar refractivity (Wildman–Crippen MR) is 90.1 cm³/mol. The molecule has 3 rings (SSSR count). The number of thiophene rings is 1. The van der Waals surface area contributed by atoms with E-state index in [0.717, 1.165) is 4.88 Å². The number of hydrogen-bond donors (Lipinski definition) is 1. The number of phenolic OH excluding ortho intramolecular Hbond substituents is 1. The summed E-state index contributed by atoms with van der Waals surface area (Å²) in [5.74, 6) is -0.490. The van der Waals surface area contributed by atoms with Crippen molar-refractivity contribution in [2.75, 3.05) is 0 Å². The van der Waals surface area contributed by atoms with Crippen LogP contribution in [0.25, 0.3) is 0 Å². The number of benzene rings is 1. The fourth-order valence-electron chi connectivity index (χ4n) is 2.63. The number of phenols is 1. The first kappa shape index (κ1) is 16.1. The average molecular weight is 345 g/mol. The number of carbonyl (C=O) groups excluding carboxylic acids is 1. The Balaban J connectivity index is 1.98. The quantitative estimate of drug-likeness (QED) is 0.678. The van der Waals surface area contributed by atoms with Gasteiger partial charge in [-0.2, -0.15) is 5.10 Å². The van der Waals surface area contributed by atoms with E-state index in [1.807, 2.05) is 17.5 Å². The fraction of sp³-hybridized carbons (Fsp3) is 0.250. The second-order valence-corrected chi connectivity index (χ2v) is 6.31. The van der Waals surface area contributed by atoms with Crippen molar-refractivity contribution in [3.8, 4) is 5.75 Å².